The van der Waals surface area contributed by atoms with Gasteiger partial charge in [0.25, 0.3) is 0 Å². The normalized spacial score (nSPS) is 9.76. The maximum Gasteiger partial charge on any atom is 0.137 e. The fraction of sp³-hybridized carbons (Fsp3) is 0.583. The first-order valence-corrected chi connectivity index (χ1v) is 5.84. The van der Waals surface area contributed by atoms with Crippen molar-refractivity contribution in [3.8, 4) is 6.07 Å². The van der Waals surface area contributed by atoms with Crippen LogP contribution >= 0.6 is 0 Å². The second kappa shape index (κ2) is 6.69. The molecular formula is C12H19N5. The summed E-state index contributed by atoms with van der Waals surface area (Å²) < 4.78 is 0. The van der Waals surface area contributed by atoms with E-state index in [0.29, 0.717) is 13.0 Å². The molecule has 92 valence electrons. The molecule has 1 aromatic heterocycles. The van der Waals surface area contributed by atoms with Crippen LogP contribution in [-0.4, -0.2) is 30.6 Å². The third-order valence-corrected chi connectivity index (χ3v) is 2.58. The van der Waals surface area contributed by atoms with Crippen LogP contribution in [-0.2, 0) is 6.42 Å². The molecule has 0 saturated carbocycles. The number of aromatic nitrogens is 2. The lowest BCUT2D eigenvalue weighted by Crippen LogP contribution is -2.22. The summed E-state index contributed by atoms with van der Waals surface area (Å²) in [5, 5.41) is 11.7. The molecular weight excluding hydrogens is 214 g/mol. The first kappa shape index (κ1) is 13.2. The Hall–Kier alpha value is -1.83. The molecule has 17 heavy (non-hydrogen) atoms. The van der Waals surface area contributed by atoms with Crippen molar-refractivity contribution in [1.82, 2.24) is 9.97 Å². The summed E-state index contributed by atoms with van der Waals surface area (Å²) >= 11 is 0. The van der Waals surface area contributed by atoms with Crippen molar-refractivity contribution in [1.29, 1.82) is 5.26 Å². The monoisotopic (exact) mass is 233 g/mol. The van der Waals surface area contributed by atoms with Gasteiger partial charge in [-0.05, 0) is 6.42 Å². The van der Waals surface area contributed by atoms with Crippen molar-refractivity contribution in [3.05, 3.63) is 11.9 Å². The van der Waals surface area contributed by atoms with E-state index in [1.54, 1.807) is 6.33 Å². The van der Waals surface area contributed by atoms with Crippen LogP contribution in [0.25, 0.3) is 0 Å². The summed E-state index contributed by atoms with van der Waals surface area (Å²) in [6.07, 6.45) is 4.04. The molecule has 0 fully saturated rings. The predicted molar refractivity (Wildman–Crippen MR) is 69.1 cm³/mol. The Labute approximate surface area is 102 Å². The third-order valence-electron chi connectivity index (χ3n) is 2.58. The molecule has 5 heteroatoms. The van der Waals surface area contributed by atoms with Gasteiger partial charge in [-0.25, -0.2) is 9.97 Å². The van der Waals surface area contributed by atoms with Gasteiger partial charge in [0.2, 0.25) is 0 Å². The molecule has 0 radical (unpaired) electrons. The highest BCUT2D eigenvalue weighted by Crippen LogP contribution is 2.23. The molecule has 0 bridgehead atoms. The largest absolute Gasteiger partial charge is 0.373 e. The summed E-state index contributed by atoms with van der Waals surface area (Å²) in [6, 6.07) is 2.15. The fourth-order valence-corrected chi connectivity index (χ4v) is 1.75. The molecule has 0 atom stereocenters. The molecule has 5 nitrogen and oxygen atoms in total. The molecule has 0 aliphatic rings. The van der Waals surface area contributed by atoms with Crippen molar-refractivity contribution < 1.29 is 0 Å². The smallest absolute Gasteiger partial charge is 0.137 e. The van der Waals surface area contributed by atoms with Gasteiger partial charge in [0.05, 0.1) is 12.5 Å². The Morgan fingerprint density at radius 3 is 2.82 bits per heavy atom. The summed E-state index contributed by atoms with van der Waals surface area (Å²) in [7, 11) is 3.82. The number of nitrogens with zero attached hydrogens (tertiary/aromatic N) is 4. The van der Waals surface area contributed by atoms with Crippen molar-refractivity contribution in [3.63, 3.8) is 0 Å². The second-order valence-corrected chi connectivity index (χ2v) is 3.85. The van der Waals surface area contributed by atoms with Gasteiger partial charge in [-0.3, -0.25) is 0 Å². The molecule has 1 heterocycles. The molecule has 0 unspecified atom stereocenters. The first-order chi connectivity index (χ1) is 8.24. The van der Waals surface area contributed by atoms with E-state index in [2.05, 4.69) is 28.3 Å². The SMILES string of the molecule is CCCc1c(NC)ncnc1N(C)CCC#N. The molecule has 1 rings (SSSR count). The maximum atomic E-state index is 8.61. The lowest BCUT2D eigenvalue weighted by molar-refractivity contribution is 0.840. The van der Waals surface area contributed by atoms with Crippen molar-refractivity contribution in [2.24, 2.45) is 0 Å². The molecule has 0 saturated heterocycles. The van der Waals surface area contributed by atoms with Crippen LogP contribution in [0.3, 0.4) is 0 Å². The number of rotatable bonds is 6. The zero-order valence-corrected chi connectivity index (χ0v) is 10.7. The zero-order chi connectivity index (χ0) is 12.7. The average molecular weight is 233 g/mol. The van der Waals surface area contributed by atoms with E-state index in [1.807, 2.05) is 19.0 Å². The standard InChI is InChI=1S/C12H19N5/c1-4-6-10-11(14-2)15-9-16-12(10)17(3)8-5-7-13/h9H,4-6,8H2,1-3H3,(H,14,15,16). The predicted octanol–water partition coefficient (Wildman–Crippen LogP) is 1.82. The minimum absolute atomic E-state index is 0.501. The summed E-state index contributed by atoms with van der Waals surface area (Å²) in [4.78, 5) is 10.6. The zero-order valence-electron chi connectivity index (χ0n) is 10.7. The van der Waals surface area contributed by atoms with Gasteiger partial charge in [0, 0.05) is 26.2 Å². The van der Waals surface area contributed by atoms with Gasteiger partial charge < -0.3 is 10.2 Å². The highest BCUT2D eigenvalue weighted by Gasteiger charge is 2.12. The van der Waals surface area contributed by atoms with Gasteiger partial charge in [-0.2, -0.15) is 5.26 Å². The minimum Gasteiger partial charge on any atom is -0.373 e. The van der Waals surface area contributed by atoms with Gasteiger partial charge in [0.15, 0.2) is 0 Å². The highest BCUT2D eigenvalue weighted by atomic mass is 15.2. The third kappa shape index (κ3) is 3.31. The number of nitrogens with one attached hydrogen (secondary N) is 1. The molecule has 0 spiro atoms. The van der Waals surface area contributed by atoms with E-state index >= 15 is 0 Å². The van der Waals surface area contributed by atoms with Crippen LogP contribution in [0, 0.1) is 11.3 Å². The van der Waals surface area contributed by atoms with Crippen LogP contribution in [0.2, 0.25) is 0 Å². The summed E-state index contributed by atoms with van der Waals surface area (Å²) in [5.41, 5.74) is 1.12. The Bertz CT molecular complexity index is 396. The number of nitriles is 1. The van der Waals surface area contributed by atoms with Gasteiger partial charge in [-0.1, -0.05) is 13.3 Å². The van der Waals surface area contributed by atoms with Crippen LogP contribution in [0.15, 0.2) is 6.33 Å². The molecule has 0 aromatic carbocycles. The van der Waals surface area contributed by atoms with Crippen LogP contribution in [0.1, 0.15) is 25.3 Å². The fourth-order valence-electron chi connectivity index (χ4n) is 1.75. The molecule has 0 amide bonds. The van der Waals surface area contributed by atoms with Crippen LogP contribution < -0.4 is 10.2 Å². The Kier molecular flexibility index (Phi) is 5.21. The summed E-state index contributed by atoms with van der Waals surface area (Å²) in [6.45, 7) is 2.82. The quantitative estimate of drug-likeness (QED) is 0.812. The second-order valence-electron chi connectivity index (χ2n) is 3.85. The molecule has 0 aliphatic heterocycles. The van der Waals surface area contributed by atoms with Crippen LogP contribution in [0.4, 0.5) is 11.6 Å². The van der Waals surface area contributed by atoms with E-state index in [9.17, 15) is 0 Å². The Morgan fingerprint density at radius 1 is 1.47 bits per heavy atom. The number of hydrogen-bond donors (Lipinski definition) is 1. The number of anilines is 2. The lowest BCUT2D eigenvalue weighted by Gasteiger charge is -2.21. The topological polar surface area (TPSA) is 64.8 Å². The van der Waals surface area contributed by atoms with E-state index in [-0.39, 0.29) is 0 Å². The molecule has 1 aromatic rings. The van der Waals surface area contributed by atoms with E-state index in [1.165, 1.54) is 0 Å². The Balaban J connectivity index is 3.00. The average Bonchev–Trinajstić information content (AvgIpc) is 2.36. The molecule has 0 aliphatic carbocycles. The van der Waals surface area contributed by atoms with Crippen molar-refractivity contribution in [2.45, 2.75) is 26.2 Å². The maximum absolute atomic E-state index is 8.61. The van der Waals surface area contributed by atoms with E-state index in [0.717, 1.165) is 30.0 Å². The highest BCUT2D eigenvalue weighted by molar-refractivity contribution is 5.58. The van der Waals surface area contributed by atoms with Gasteiger partial charge in [0.1, 0.15) is 18.0 Å². The van der Waals surface area contributed by atoms with E-state index in [4.69, 9.17) is 5.26 Å². The van der Waals surface area contributed by atoms with Crippen LogP contribution in [0.5, 0.6) is 0 Å². The molecule has 1 N–H and O–H groups in total. The van der Waals surface area contributed by atoms with E-state index < -0.39 is 0 Å². The minimum atomic E-state index is 0.501. The number of hydrogen-bond acceptors (Lipinski definition) is 5. The first-order valence-electron chi connectivity index (χ1n) is 5.84. The Morgan fingerprint density at radius 2 is 2.24 bits per heavy atom. The van der Waals surface area contributed by atoms with Crippen molar-refractivity contribution >= 4 is 11.6 Å². The lowest BCUT2D eigenvalue weighted by atomic mass is 10.1. The summed E-state index contributed by atoms with van der Waals surface area (Å²) in [5.74, 6) is 1.79. The van der Waals surface area contributed by atoms with Crippen molar-refractivity contribution in [2.75, 3.05) is 30.9 Å². The van der Waals surface area contributed by atoms with Gasteiger partial charge >= 0.3 is 0 Å². The van der Waals surface area contributed by atoms with Gasteiger partial charge in [-0.15, -0.1) is 0 Å².